The van der Waals surface area contributed by atoms with E-state index >= 15 is 0 Å². The van der Waals surface area contributed by atoms with E-state index in [4.69, 9.17) is 0 Å². The quantitative estimate of drug-likeness (QED) is 0.506. The summed E-state index contributed by atoms with van der Waals surface area (Å²) in [7, 11) is 0. The minimum absolute atomic E-state index is 0.0612. The predicted octanol–water partition coefficient (Wildman–Crippen LogP) is 5.42. The van der Waals surface area contributed by atoms with Gasteiger partial charge in [0, 0.05) is 27.8 Å². The number of H-pyrrole nitrogens is 1. The third-order valence-electron chi connectivity index (χ3n) is 4.86. The number of carbonyl (C=O) groups is 1. The first kappa shape index (κ1) is 18.4. The Hall–Kier alpha value is -2.92. The molecule has 0 radical (unpaired) electrons. The molecule has 0 saturated carbocycles. The molecule has 1 N–H and O–H groups in total. The molecule has 4 aromatic rings. The van der Waals surface area contributed by atoms with Gasteiger partial charge in [-0.2, -0.15) is 0 Å². The first-order valence-electron chi connectivity index (χ1n) is 9.42. The maximum Gasteiger partial charge on any atom is 0.268 e. The average molecular weight is 391 g/mol. The molecule has 0 saturated heterocycles. The summed E-state index contributed by atoms with van der Waals surface area (Å²) in [5.41, 5.74) is 3.77. The highest BCUT2D eigenvalue weighted by molar-refractivity contribution is 7.21. The largest absolute Gasteiger partial charge is 0.321 e. The molecule has 0 bridgehead atoms. The Labute approximate surface area is 167 Å². The van der Waals surface area contributed by atoms with Crippen LogP contribution in [-0.4, -0.2) is 17.4 Å². The number of anilines is 1. The Morgan fingerprint density at radius 3 is 2.57 bits per heavy atom. The van der Waals surface area contributed by atoms with E-state index < -0.39 is 0 Å². The minimum Gasteiger partial charge on any atom is -0.321 e. The minimum atomic E-state index is -0.153. The van der Waals surface area contributed by atoms with E-state index in [1.165, 1.54) is 11.3 Å². The van der Waals surface area contributed by atoms with Gasteiger partial charge in [-0.05, 0) is 56.2 Å². The van der Waals surface area contributed by atoms with Crippen molar-refractivity contribution in [3.05, 3.63) is 74.9 Å². The van der Waals surface area contributed by atoms with E-state index in [-0.39, 0.29) is 11.5 Å². The van der Waals surface area contributed by atoms with Crippen LogP contribution >= 0.6 is 11.3 Å². The predicted molar refractivity (Wildman–Crippen MR) is 118 cm³/mol. The van der Waals surface area contributed by atoms with E-state index in [1.54, 1.807) is 11.0 Å². The number of nitrogens with zero attached hydrogens (tertiary/aromatic N) is 1. The maximum atomic E-state index is 13.4. The number of amides is 1. The van der Waals surface area contributed by atoms with Gasteiger partial charge in [0.2, 0.25) is 0 Å². The lowest BCUT2D eigenvalue weighted by Gasteiger charge is -2.22. The standard InChI is InChI=1S/C23H22N2O2S/c1-4-10-25(16-7-5-6-14(2)11-16)23(27)20-13-18-21(28-20)17-12-15(3)8-9-19(17)24-22(18)26/h5-9,11-13H,4,10H2,1-3H3,(H,24,26). The van der Waals surface area contributed by atoms with Crippen molar-refractivity contribution in [1.82, 2.24) is 4.98 Å². The van der Waals surface area contributed by atoms with Gasteiger partial charge in [0.15, 0.2) is 0 Å². The van der Waals surface area contributed by atoms with Gasteiger partial charge in [-0.3, -0.25) is 9.59 Å². The fraction of sp³-hybridized carbons (Fsp3) is 0.217. The SMILES string of the molecule is CCCN(C(=O)c1cc2c(=O)[nH]c3ccc(C)cc3c2s1)c1cccc(C)c1. The molecule has 0 unspecified atom stereocenters. The van der Waals surface area contributed by atoms with Crippen molar-refractivity contribution in [2.45, 2.75) is 27.2 Å². The van der Waals surface area contributed by atoms with Crippen molar-refractivity contribution in [3.63, 3.8) is 0 Å². The number of rotatable bonds is 4. The Bertz CT molecular complexity index is 1250. The molecule has 4 nitrogen and oxygen atoms in total. The summed E-state index contributed by atoms with van der Waals surface area (Å²) in [5.74, 6) is -0.0612. The summed E-state index contributed by atoms with van der Waals surface area (Å²) in [5, 5.41) is 1.56. The molecule has 0 atom stereocenters. The molecule has 0 fully saturated rings. The molecule has 28 heavy (non-hydrogen) atoms. The second-order valence-electron chi connectivity index (χ2n) is 7.15. The van der Waals surface area contributed by atoms with Gasteiger partial charge in [-0.25, -0.2) is 0 Å². The first-order valence-corrected chi connectivity index (χ1v) is 10.2. The normalized spacial score (nSPS) is 11.2. The van der Waals surface area contributed by atoms with Crippen molar-refractivity contribution < 1.29 is 4.79 Å². The number of aryl methyl sites for hydroxylation is 2. The zero-order valence-corrected chi connectivity index (χ0v) is 17.0. The average Bonchev–Trinajstić information content (AvgIpc) is 3.13. The van der Waals surface area contributed by atoms with Gasteiger partial charge in [0.05, 0.1) is 10.3 Å². The van der Waals surface area contributed by atoms with Crippen molar-refractivity contribution in [3.8, 4) is 0 Å². The lowest BCUT2D eigenvalue weighted by Crippen LogP contribution is -2.31. The van der Waals surface area contributed by atoms with E-state index in [9.17, 15) is 9.59 Å². The number of carbonyl (C=O) groups excluding carboxylic acids is 1. The number of aromatic amines is 1. The monoisotopic (exact) mass is 390 g/mol. The van der Waals surface area contributed by atoms with Crippen LogP contribution in [0, 0.1) is 13.8 Å². The highest BCUT2D eigenvalue weighted by Gasteiger charge is 2.21. The Kier molecular flexibility index (Phi) is 4.77. The smallest absolute Gasteiger partial charge is 0.268 e. The second kappa shape index (κ2) is 7.24. The topological polar surface area (TPSA) is 53.2 Å². The van der Waals surface area contributed by atoms with Crippen molar-refractivity contribution in [1.29, 1.82) is 0 Å². The van der Waals surface area contributed by atoms with Crippen LogP contribution in [0.25, 0.3) is 21.0 Å². The first-order chi connectivity index (χ1) is 13.5. The lowest BCUT2D eigenvalue weighted by molar-refractivity contribution is 0.0991. The molecular formula is C23H22N2O2S. The Morgan fingerprint density at radius 2 is 1.82 bits per heavy atom. The summed E-state index contributed by atoms with van der Waals surface area (Å²) in [4.78, 5) is 31.2. The van der Waals surface area contributed by atoms with Crippen LogP contribution in [0.4, 0.5) is 5.69 Å². The number of pyridine rings is 1. The third-order valence-corrected chi connectivity index (χ3v) is 6.02. The Balaban J connectivity index is 1.86. The highest BCUT2D eigenvalue weighted by Crippen LogP contribution is 2.32. The molecular weight excluding hydrogens is 368 g/mol. The number of aromatic nitrogens is 1. The van der Waals surface area contributed by atoms with Crippen LogP contribution in [0.15, 0.2) is 53.3 Å². The summed E-state index contributed by atoms with van der Waals surface area (Å²) < 4.78 is 0.867. The molecule has 0 aliphatic heterocycles. The van der Waals surface area contributed by atoms with E-state index in [0.717, 1.165) is 38.8 Å². The number of thiophene rings is 1. The van der Waals surface area contributed by atoms with Crippen LogP contribution in [0.1, 0.15) is 34.1 Å². The van der Waals surface area contributed by atoms with Gasteiger partial charge in [0.1, 0.15) is 0 Å². The fourth-order valence-electron chi connectivity index (χ4n) is 3.51. The molecule has 142 valence electrons. The van der Waals surface area contributed by atoms with Gasteiger partial charge in [-0.1, -0.05) is 30.7 Å². The van der Waals surface area contributed by atoms with Gasteiger partial charge in [-0.15, -0.1) is 11.3 Å². The summed E-state index contributed by atoms with van der Waals surface area (Å²) in [6, 6.07) is 15.7. The Morgan fingerprint density at radius 1 is 1.04 bits per heavy atom. The number of hydrogen-bond donors (Lipinski definition) is 1. The van der Waals surface area contributed by atoms with E-state index in [0.29, 0.717) is 16.8 Å². The van der Waals surface area contributed by atoms with Crippen molar-refractivity contribution in [2.24, 2.45) is 0 Å². The molecule has 0 aliphatic rings. The number of hydrogen-bond acceptors (Lipinski definition) is 3. The van der Waals surface area contributed by atoms with Crippen LogP contribution in [0.2, 0.25) is 0 Å². The zero-order valence-electron chi connectivity index (χ0n) is 16.2. The zero-order chi connectivity index (χ0) is 19.8. The van der Waals surface area contributed by atoms with Crippen molar-refractivity contribution in [2.75, 3.05) is 11.4 Å². The third kappa shape index (κ3) is 3.22. The van der Waals surface area contributed by atoms with Crippen LogP contribution < -0.4 is 10.5 Å². The number of nitrogens with one attached hydrogen (secondary N) is 1. The summed E-state index contributed by atoms with van der Waals surface area (Å²) in [6.07, 6.45) is 0.854. The molecule has 0 aliphatic carbocycles. The molecule has 2 heterocycles. The summed E-state index contributed by atoms with van der Waals surface area (Å²) >= 11 is 1.40. The molecule has 4 rings (SSSR count). The van der Waals surface area contributed by atoms with E-state index in [1.807, 2.05) is 50.2 Å². The summed E-state index contributed by atoms with van der Waals surface area (Å²) in [6.45, 7) is 6.73. The lowest BCUT2D eigenvalue weighted by atomic mass is 10.1. The molecule has 0 spiro atoms. The van der Waals surface area contributed by atoms with Crippen molar-refractivity contribution >= 4 is 43.9 Å². The molecule has 2 aromatic heterocycles. The maximum absolute atomic E-state index is 13.4. The number of benzene rings is 2. The van der Waals surface area contributed by atoms with Gasteiger partial charge in [0.25, 0.3) is 11.5 Å². The fourth-order valence-corrected chi connectivity index (χ4v) is 4.64. The van der Waals surface area contributed by atoms with Gasteiger partial charge >= 0.3 is 0 Å². The number of fused-ring (bicyclic) bond motifs is 3. The van der Waals surface area contributed by atoms with Crippen LogP contribution in [0.5, 0.6) is 0 Å². The highest BCUT2D eigenvalue weighted by atomic mass is 32.1. The molecule has 2 aromatic carbocycles. The van der Waals surface area contributed by atoms with Gasteiger partial charge < -0.3 is 9.88 Å². The molecule has 1 amide bonds. The van der Waals surface area contributed by atoms with Crippen LogP contribution in [0.3, 0.4) is 0 Å². The second-order valence-corrected chi connectivity index (χ2v) is 8.20. The van der Waals surface area contributed by atoms with E-state index in [2.05, 4.69) is 18.0 Å². The van der Waals surface area contributed by atoms with Crippen LogP contribution in [-0.2, 0) is 0 Å². The molecule has 5 heteroatoms.